The molecule has 4 rings (SSSR count). The number of nitrogens with one attached hydrogen (secondary N) is 2. The van der Waals surface area contributed by atoms with Crippen LogP contribution in [0.15, 0.2) is 64.6 Å². The number of fused-ring (bicyclic) bond motifs is 1. The number of aliphatic hydroxyl groups is 2. The molecule has 3 aliphatic carbocycles. The highest BCUT2D eigenvalue weighted by atomic mass is 32.2. The minimum absolute atomic E-state index is 0.00463. The van der Waals surface area contributed by atoms with Crippen molar-refractivity contribution < 1.29 is 27.6 Å². The van der Waals surface area contributed by atoms with Gasteiger partial charge in [0, 0.05) is 36.5 Å². The van der Waals surface area contributed by atoms with Gasteiger partial charge in [-0.1, -0.05) is 37.3 Å². The molecule has 8 unspecified atom stereocenters. The van der Waals surface area contributed by atoms with Gasteiger partial charge in [0.05, 0.1) is 36.6 Å². The highest BCUT2D eigenvalue weighted by Crippen LogP contribution is 2.48. The Kier molecular flexibility index (Phi) is 8.89. The zero-order chi connectivity index (χ0) is 28.5. The fourth-order valence-corrected chi connectivity index (χ4v) is 6.16. The lowest BCUT2D eigenvalue weighted by Gasteiger charge is -2.46. The van der Waals surface area contributed by atoms with Crippen molar-refractivity contribution in [3.63, 3.8) is 0 Å². The van der Waals surface area contributed by atoms with E-state index in [2.05, 4.69) is 35.8 Å². The molecule has 1 saturated carbocycles. The van der Waals surface area contributed by atoms with E-state index in [0.29, 0.717) is 18.7 Å². The lowest BCUT2D eigenvalue weighted by Crippen LogP contribution is -2.51. The van der Waals surface area contributed by atoms with Crippen molar-refractivity contribution in [3.05, 3.63) is 59.6 Å². The van der Waals surface area contributed by atoms with E-state index in [1.54, 1.807) is 0 Å². The van der Waals surface area contributed by atoms with E-state index in [0.717, 1.165) is 17.6 Å². The van der Waals surface area contributed by atoms with Gasteiger partial charge in [-0.2, -0.15) is 8.42 Å². The summed E-state index contributed by atoms with van der Waals surface area (Å²) in [6, 6.07) is -0.822. The molecule has 1 aliphatic heterocycles. The topological polar surface area (TPSA) is 155 Å². The summed E-state index contributed by atoms with van der Waals surface area (Å²) in [5.74, 6) is 1.09. The SMILES string of the molecule is CC1=CNC(CC(N)C2(C)C(OC(C)C)=CC=C3C=CC=CC32)=NC1NC1CC(COS(C)(=O)=O)C(O)C1O. The zero-order valence-electron chi connectivity index (χ0n) is 23.2. The first-order chi connectivity index (χ1) is 18.3. The number of rotatable bonds is 10. The molecule has 0 bridgehead atoms. The van der Waals surface area contributed by atoms with E-state index in [1.807, 2.05) is 45.2 Å². The van der Waals surface area contributed by atoms with Crippen LogP contribution in [0.4, 0.5) is 0 Å². The molecule has 0 spiro atoms. The smallest absolute Gasteiger partial charge is 0.264 e. The molecular weight excluding hydrogens is 520 g/mol. The molecule has 6 N–H and O–H groups in total. The molecule has 0 aromatic heterocycles. The molecule has 0 radical (unpaired) electrons. The molecule has 10 nitrogen and oxygen atoms in total. The first-order valence-corrected chi connectivity index (χ1v) is 15.3. The third-order valence-corrected chi connectivity index (χ3v) is 8.63. The van der Waals surface area contributed by atoms with E-state index < -0.39 is 45.9 Å². The van der Waals surface area contributed by atoms with Crippen LogP contribution < -0.4 is 16.4 Å². The second-order valence-electron chi connectivity index (χ2n) is 11.4. The summed E-state index contributed by atoms with van der Waals surface area (Å²) in [6.07, 6.45) is 13.5. The van der Waals surface area contributed by atoms with Gasteiger partial charge in [-0.25, -0.2) is 4.99 Å². The van der Waals surface area contributed by atoms with Crippen LogP contribution in [0.1, 0.15) is 40.5 Å². The van der Waals surface area contributed by atoms with E-state index in [9.17, 15) is 18.6 Å². The summed E-state index contributed by atoms with van der Waals surface area (Å²) in [5.41, 5.74) is 8.54. The van der Waals surface area contributed by atoms with Gasteiger partial charge < -0.3 is 26.0 Å². The van der Waals surface area contributed by atoms with Gasteiger partial charge in [-0.05, 0) is 44.4 Å². The maximum Gasteiger partial charge on any atom is 0.264 e. The molecule has 0 saturated heterocycles. The van der Waals surface area contributed by atoms with Crippen LogP contribution in [-0.4, -0.2) is 73.9 Å². The Morgan fingerprint density at radius 3 is 2.69 bits per heavy atom. The van der Waals surface area contributed by atoms with Crippen molar-refractivity contribution in [3.8, 4) is 0 Å². The van der Waals surface area contributed by atoms with Crippen LogP contribution >= 0.6 is 0 Å². The van der Waals surface area contributed by atoms with Gasteiger partial charge in [0.25, 0.3) is 10.1 Å². The predicted molar refractivity (Wildman–Crippen MR) is 151 cm³/mol. The molecule has 216 valence electrons. The van der Waals surface area contributed by atoms with Crippen LogP contribution in [0, 0.1) is 17.3 Å². The summed E-state index contributed by atoms with van der Waals surface area (Å²) in [5, 5.41) is 27.7. The number of nitrogens with zero attached hydrogens (tertiary/aromatic N) is 1. The molecule has 1 heterocycles. The van der Waals surface area contributed by atoms with E-state index in [4.69, 9.17) is 19.6 Å². The highest BCUT2D eigenvalue weighted by molar-refractivity contribution is 7.85. The van der Waals surface area contributed by atoms with E-state index >= 15 is 0 Å². The third-order valence-electron chi connectivity index (χ3n) is 8.07. The van der Waals surface area contributed by atoms with Crippen molar-refractivity contribution in [2.45, 2.75) is 77.1 Å². The number of hydrogen-bond acceptors (Lipinski definition) is 10. The average molecular weight is 563 g/mol. The molecule has 11 heteroatoms. The summed E-state index contributed by atoms with van der Waals surface area (Å²) in [7, 11) is -3.65. The summed E-state index contributed by atoms with van der Waals surface area (Å²) < 4.78 is 33.9. The molecule has 1 fully saturated rings. The number of hydrogen-bond donors (Lipinski definition) is 5. The van der Waals surface area contributed by atoms with Crippen LogP contribution in [0.5, 0.6) is 0 Å². The fourth-order valence-electron chi connectivity index (χ4n) is 5.74. The molecule has 0 aromatic rings. The lowest BCUT2D eigenvalue weighted by atomic mass is 9.63. The molecule has 0 aromatic carbocycles. The fraction of sp³-hybridized carbons (Fsp3) is 0.607. The van der Waals surface area contributed by atoms with Gasteiger partial charge >= 0.3 is 0 Å². The predicted octanol–water partition coefficient (Wildman–Crippen LogP) is 1.61. The van der Waals surface area contributed by atoms with Crippen molar-refractivity contribution in [2.24, 2.45) is 28.0 Å². The van der Waals surface area contributed by atoms with Gasteiger partial charge in [0.1, 0.15) is 17.8 Å². The maximum atomic E-state index is 11.4. The Morgan fingerprint density at radius 2 is 2.00 bits per heavy atom. The molecular formula is C28H42N4O6S. The zero-order valence-corrected chi connectivity index (χ0v) is 24.1. The van der Waals surface area contributed by atoms with Crippen LogP contribution in [0.3, 0.4) is 0 Å². The number of amidine groups is 1. The number of ether oxygens (including phenoxy) is 1. The summed E-state index contributed by atoms with van der Waals surface area (Å²) in [4.78, 5) is 4.87. The van der Waals surface area contributed by atoms with Crippen LogP contribution in [0.25, 0.3) is 0 Å². The number of nitrogens with two attached hydrogens (primary N) is 1. The normalized spacial score (nSPS) is 35.0. The van der Waals surface area contributed by atoms with E-state index in [-0.39, 0.29) is 24.7 Å². The first kappa shape index (κ1) is 29.7. The minimum Gasteiger partial charge on any atom is -0.495 e. The van der Waals surface area contributed by atoms with Crippen LogP contribution in [-0.2, 0) is 19.0 Å². The van der Waals surface area contributed by atoms with Gasteiger partial charge in [-0.15, -0.1) is 0 Å². The number of allylic oxidation sites excluding steroid dienone is 7. The van der Waals surface area contributed by atoms with E-state index in [1.165, 1.54) is 5.57 Å². The third kappa shape index (κ3) is 6.55. The maximum absolute atomic E-state index is 11.4. The van der Waals surface area contributed by atoms with Crippen molar-refractivity contribution in [2.75, 3.05) is 12.9 Å². The summed E-state index contributed by atoms with van der Waals surface area (Å²) in [6.45, 7) is 7.88. The lowest BCUT2D eigenvalue weighted by molar-refractivity contribution is 0.00217. The number of aliphatic imine (C=N–C) groups is 1. The molecule has 0 amide bonds. The number of aliphatic hydroxyl groups excluding tert-OH is 2. The average Bonchev–Trinajstić information content (AvgIpc) is 3.13. The first-order valence-electron chi connectivity index (χ1n) is 13.5. The second-order valence-corrected chi connectivity index (χ2v) is 13.1. The van der Waals surface area contributed by atoms with Crippen molar-refractivity contribution >= 4 is 16.0 Å². The van der Waals surface area contributed by atoms with Gasteiger partial charge in [-0.3, -0.25) is 9.50 Å². The van der Waals surface area contributed by atoms with Crippen LogP contribution in [0.2, 0.25) is 0 Å². The Labute approximate surface area is 231 Å². The van der Waals surface area contributed by atoms with Gasteiger partial charge in [0.2, 0.25) is 0 Å². The summed E-state index contributed by atoms with van der Waals surface area (Å²) >= 11 is 0. The Bertz CT molecular complexity index is 1220. The highest BCUT2D eigenvalue weighted by Gasteiger charge is 2.47. The molecule has 8 atom stereocenters. The van der Waals surface area contributed by atoms with Gasteiger partial charge in [0.15, 0.2) is 0 Å². The second kappa shape index (κ2) is 11.7. The van der Waals surface area contributed by atoms with Crippen molar-refractivity contribution in [1.82, 2.24) is 10.6 Å². The quantitative estimate of drug-likeness (QED) is 0.250. The Balaban J connectivity index is 1.48. The molecule has 39 heavy (non-hydrogen) atoms. The molecule has 4 aliphatic rings. The Hall–Kier alpha value is -2.28. The largest absolute Gasteiger partial charge is 0.495 e. The monoisotopic (exact) mass is 562 g/mol. The standard InChI is InChI=1S/C28H42N4O6S/c1-16(2)38-23-11-10-18-8-6-7-9-20(18)28(23,4)22(29)13-24-30-14-17(3)27(32-24)31-21-12-19(25(33)26(21)34)15-37-39(5,35)36/h6-11,14,16,19-22,25-27,31,33-34H,12-13,15,29H2,1-5H3,(H,30,32). The van der Waals surface area contributed by atoms with Crippen molar-refractivity contribution in [1.29, 1.82) is 0 Å². The minimum atomic E-state index is -3.65. The Morgan fingerprint density at radius 1 is 1.26 bits per heavy atom.